The van der Waals surface area contributed by atoms with Crippen molar-refractivity contribution in [2.75, 3.05) is 5.75 Å². The monoisotopic (exact) mass is 340 g/mol. The number of hydrogen-bond acceptors (Lipinski definition) is 3. The second kappa shape index (κ2) is 6.41. The number of thioether (sulfide) groups is 1. The van der Waals surface area contributed by atoms with Crippen LogP contribution in [-0.2, 0) is 16.6 Å². The van der Waals surface area contributed by atoms with Gasteiger partial charge in [0.05, 0.1) is 0 Å². The van der Waals surface area contributed by atoms with Gasteiger partial charge in [-0.1, -0.05) is 19.8 Å². The number of rotatable bonds is 2. The third-order valence-electron chi connectivity index (χ3n) is 4.35. The molecule has 2 heterocycles. The lowest BCUT2D eigenvalue weighted by molar-refractivity contribution is -0.136. The summed E-state index contributed by atoms with van der Waals surface area (Å²) in [5.74, 6) is 7.36. The Morgan fingerprint density at radius 2 is 2.12 bits per heavy atom. The summed E-state index contributed by atoms with van der Waals surface area (Å²) in [5.41, 5.74) is 3.69. The predicted octanol–water partition coefficient (Wildman–Crippen LogP) is 4.39. The van der Waals surface area contributed by atoms with Crippen molar-refractivity contribution in [3.63, 3.8) is 0 Å². The van der Waals surface area contributed by atoms with Crippen LogP contribution in [0.15, 0.2) is 33.6 Å². The van der Waals surface area contributed by atoms with Crippen LogP contribution in [0.5, 0.6) is 0 Å². The zero-order valence-electron chi connectivity index (χ0n) is 14.1. The molecular weight excluding hydrogens is 320 g/mol. The van der Waals surface area contributed by atoms with Gasteiger partial charge in [0.2, 0.25) is 0 Å². The lowest BCUT2D eigenvalue weighted by Gasteiger charge is -2.32. The van der Waals surface area contributed by atoms with Crippen LogP contribution in [0.2, 0.25) is 0 Å². The summed E-state index contributed by atoms with van der Waals surface area (Å²) >= 11 is 1.92. The molecule has 0 spiro atoms. The summed E-state index contributed by atoms with van der Waals surface area (Å²) in [6, 6.07) is 7.81. The van der Waals surface area contributed by atoms with Gasteiger partial charge in [-0.15, -0.1) is 11.8 Å². The Morgan fingerprint density at radius 3 is 2.88 bits per heavy atom. The Morgan fingerprint density at radius 1 is 1.33 bits per heavy atom. The lowest BCUT2D eigenvalue weighted by atomic mass is 9.80. The molecule has 0 aliphatic carbocycles. The van der Waals surface area contributed by atoms with Crippen LogP contribution in [-0.4, -0.2) is 16.8 Å². The number of aliphatic carboxylic acids is 1. The van der Waals surface area contributed by atoms with Gasteiger partial charge in [0.25, 0.3) is 0 Å². The first-order chi connectivity index (χ1) is 11.3. The maximum atomic E-state index is 10.7. The van der Waals surface area contributed by atoms with Crippen molar-refractivity contribution >= 4 is 17.7 Å². The number of hydrogen-bond donors (Lipinski definition) is 1. The van der Waals surface area contributed by atoms with E-state index in [0.717, 1.165) is 23.3 Å². The summed E-state index contributed by atoms with van der Waals surface area (Å²) in [5, 5.41) is 8.78. The fourth-order valence-corrected chi connectivity index (χ4v) is 4.42. The first-order valence-electron chi connectivity index (χ1n) is 7.95. The highest BCUT2D eigenvalue weighted by Gasteiger charge is 2.28. The van der Waals surface area contributed by atoms with E-state index >= 15 is 0 Å². The van der Waals surface area contributed by atoms with Crippen molar-refractivity contribution < 1.29 is 14.3 Å². The van der Waals surface area contributed by atoms with Crippen molar-refractivity contribution in [3.05, 3.63) is 52.5 Å². The van der Waals surface area contributed by atoms with Crippen LogP contribution >= 0.6 is 11.8 Å². The van der Waals surface area contributed by atoms with Crippen LogP contribution in [0.25, 0.3) is 0 Å². The van der Waals surface area contributed by atoms with E-state index in [0.29, 0.717) is 11.5 Å². The first-order valence-corrected chi connectivity index (χ1v) is 8.94. The van der Waals surface area contributed by atoms with Crippen molar-refractivity contribution in [2.45, 2.75) is 43.9 Å². The van der Waals surface area contributed by atoms with E-state index in [1.54, 1.807) is 12.1 Å². The smallest absolute Gasteiger partial charge is 0.311 e. The highest BCUT2D eigenvalue weighted by atomic mass is 32.2. The molecule has 0 bridgehead atoms. The Labute approximate surface area is 146 Å². The number of aryl methyl sites for hydroxylation is 1. The second-order valence-corrected chi connectivity index (χ2v) is 7.87. The average Bonchev–Trinajstić information content (AvgIpc) is 2.92. The van der Waals surface area contributed by atoms with E-state index in [1.165, 1.54) is 10.5 Å². The number of carboxylic acid groups (broad SMARTS) is 1. The van der Waals surface area contributed by atoms with Crippen molar-refractivity contribution in [1.29, 1.82) is 0 Å². The summed E-state index contributed by atoms with van der Waals surface area (Å²) in [6.45, 7) is 6.63. The molecule has 0 saturated carbocycles. The molecule has 1 N–H and O–H groups in total. The van der Waals surface area contributed by atoms with E-state index < -0.39 is 5.97 Å². The predicted molar refractivity (Wildman–Crippen MR) is 95.6 cm³/mol. The minimum absolute atomic E-state index is 0.120. The van der Waals surface area contributed by atoms with Gasteiger partial charge in [-0.3, -0.25) is 4.79 Å². The van der Waals surface area contributed by atoms with Crippen LogP contribution in [0.1, 0.15) is 48.5 Å². The van der Waals surface area contributed by atoms with Gasteiger partial charge in [-0.25, -0.2) is 0 Å². The molecule has 2 aromatic rings. The molecule has 124 valence electrons. The fourth-order valence-electron chi connectivity index (χ4n) is 2.83. The van der Waals surface area contributed by atoms with Gasteiger partial charge in [0.1, 0.15) is 12.2 Å². The van der Waals surface area contributed by atoms with Crippen molar-refractivity contribution in [3.8, 4) is 11.8 Å². The van der Waals surface area contributed by atoms with Crippen LogP contribution in [0.4, 0.5) is 0 Å². The molecule has 1 aliphatic heterocycles. The molecule has 1 aliphatic rings. The molecule has 1 aromatic heterocycles. The highest BCUT2D eigenvalue weighted by Crippen LogP contribution is 2.42. The molecule has 0 amide bonds. The van der Waals surface area contributed by atoms with Gasteiger partial charge in [0.15, 0.2) is 5.76 Å². The van der Waals surface area contributed by atoms with Gasteiger partial charge in [-0.05, 0) is 65.8 Å². The summed E-state index contributed by atoms with van der Waals surface area (Å²) < 4.78 is 5.45. The largest absolute Gasteiger partial charge is 0.481 e. The molecule has 0 fully saturated rings. The lowest BCUT2D eigenvalue weighted by Crippen LogP contribution is -2.23. The molecule has 0 unspecified atom stereocenters. The van der Waals surface area contributed by atoms with Gasteiger partial charge in [0, 0.05) is 10.5 Å². The van der Waals surface area contributed by atoms with E-state index in [9.17, 15) is 4.79 Å². The molecule has 3 nitrogen and oxygen atoms in total. The van der Waals surface area contributed by atoms with Crippen molar-refractivity contribution in [1.82, 2.24) is 0 Å². The minimum Gasteiger partial charge on any atom is -0.481 e. The molecule has 4 heteroatoms. The molecular formula is C20H20O3S. The number of carboxylic acids is 1. The number of carbonyl (C=O) groups is 1. The fraction of sp³-hybridized carbons (Fsp3) is 0.350. The van der Waals surface area contributed by atoms with Crippen molar-refractivity contribution in [2.24, 2.45) is 0 Å². The Hall–Kier alpha value is -2.12. The van der Waals surface area contributed by atoms with E-state index in [-0.39, 0.29) is 11.8 Å². The van der Waals surface area contributed by atoms with Gasteiger partial charge < -0.3 is 9.52 Å². The van der Waals surface area contributed by atoms with Crippen LogP contribution in [0, 0.1) is 18.8 Å². The number of furan rings is 1. The number of fused-ring (bicyclic) bond motifs is 1. The average molecular weight is 340 g/mol. The van der Waals surface area contributed by atoms with Crippen LogP contribution < -0.4 is 0 Å². The Balaban J connectivity index is 1.91. The third kappa shape index (κ3) is 3.52. The molecule has 3 rings (SSSR count). The van der Waals surface area contributed by atoms with Gasteiger partial charge >= 0.3 is 5.97 Å². The van der Waals surface area contributed by atoms with Crippen LogP contribution in [0.3, 0.4) is 0 Å². The standard InChI is InChI=1S/C20H20O3S/c1-13-10-18-17(20(2,3)8-9-24-18)11-14(13)4-5-15-6-7-16(23-15)12-19(21)22/h6-7,10-11H,8-9,12H2,1-3H3,(H,21,22). The Kier molecular flexibility index (Phi) is 4.47. The second-order valence-electron chi connectivity index (χ2n) is 6.73. The van der Waals surface area contributed by atoms with E-state index in [2.05, 4.69) is 44.7 Å². The maximum absolute atomic E-state index is 10.7. The molecule has 1 aromatic carbocycles. The molecule has 0 saturated heterocycles. The summed E-state index contributed by atoms with van der Waals surface area (Å²) in [7, 11) is 0. The van der Waals surface area contributed by atoms with Gasteiger partial charge in [-0.2, -0.15) is 0 Å². The third-order valence-corrected chi connectivity index (χ3v) is 5.40. The quantitative estimate of drug-likeness (QED) is 0.824. The molecule has 0 atom stereocenters. The Bertz CT molecular complexity index is 849. The maximum Gasteiger partial charge on any atom is 0.311 e. The normalized spacial score (nSPS) is 15.3. The zero-order chi connectivity index (χ0) is 17.3. The first kappa shape index (κ1) is 16.7. The topological polar surface area (TPSA) is 50.4 Å². The molecule has 24 heavy (non-hydrogen) atoms. The SMILES string of the molecule is Cc1cc2c(cc1C#Cc1ccc(CC(=O)O)o1)C(C)(C)CCS2. The number of benzene rings is 1. The zero-order valence-corrected chi connectivity index (χ0v) is 14.9. The summed E-state index contributed by atoms with van der Waals surface area (Å²) in [6.07, 6.45) is 1.04. The summed E-state index contributed by atoms with van der Waals surface area (Å²) in [4.78, 5) is 12.1. The van der Waals surface area contributed by atoms with E-state index in [1.807, 2.05) is 11.8 Å². The minimum atomic E-state index is -0.908. The highest BCUT2D eigenvalue weighted by molar-refractivity contribution is 7.99. The van der Waals surface area contributed by atoms with E-state index in [4.69, 9.17) is 9.52 Å². The molecule has 0 radical (unpaired) electrons.